The molecule has 1 atom stereocenters. The van der Waals surface area contributed by atoms with Crippen LogP contribution in [0.2, 0.25) is 15.1 Å². The number of carbonyl (C=O) groups is 1. The van der Waals surface area contributed by atoms with E-state index in [4.69, 9.17) is 40.5 Å². The Balaban J connectivity index is 1.62. The van der Waals surface area contributed by atoms with Crippen LogP contribution < -0.4 is 16.4 Å². The van der Waals surface area contributed by atoms with Crippen molar-refractivity contribution in [2.45, 2.75) is 12.2 Å². The number of carbonyl (C=O) groups excluding carboxylic acids is 1. The highest BCUT2D eigenvalue weighted by atomic mass is 35.5. The smallest absolute Gasteiger partial charge is 0.234 e. The lowest BCUT2D eigenvalue weighted by Gasteiger charge is -2.13. The molecule has 0 aliphatic heterocycles. The zero-order valence-electron chi connectivity index (χ0n) is 15.7. The average molecular weight is 484 g/mol. The quantitative estimate of drug-likeness (QED) is 0.376. The Morgan fingerprint density at radius 1 is 1.07 bits per heavy atom. The monoisotopic (exact) mass is 482 g/mol. The van der Waals surface area contributed by atoms with Gasteiger partial charge in [-0.25, -0.2) is 0 Å². The molecule has 0 aliphatic carbocycles. The minimum Gasteiger partial charge on any atom is -0.368 e. The van der Waals surface area contributed by atoms with E-state index in [1.807, 2.05) is 37.3 Å². The van der Waals surface area contributed by atoms with E-state index in [1.165, 1.54) is 23.9 Å². The summed E-state index contributed by atoms with van der Waals surface area (Å²) in [5.74, 6) is 0.786. The van der Waals surface area contributed by atoms with Crippen LogP contribution in [0.4, 0.5) is 23.3 Å². The molecule has 1 unspecified atom stereocenters. The van der Waals surface area contributed by atoms with Gasteiger partial charge in [-0.3, -0.25) is 4.79 Å². The van der Waals surface area contributed by atoms with Crippen LogP contribution >= 0.6 is 46.6 Å². The Morgan fingerprint density at radius 2 is 1.77 bits per heavy atom. The van der Waals surface area contributed by atoms with E-state index in [-0.39, 0.29) is 22.9 Å². The molecule has 0 bridgehead atoms. The molecule has 1 aromatic heterocycles. The molecule has 1 heterocycles. The lowest BCUT2D eigenvalue weighted by atomic mass is 10.3. The summed E-state index contributed by atoms with van der Waals surface area (Å²) in [6.45, 7) is 1.88. The number of thioether (sulfide) groups is 1. The molecule has 0 saturated heterocycles. The number of nitrogens with one attached hydrogen (secondary N) is 2. The maximum Gasteiger partial charge on any atom is 0.234 e. The van der Waals surface area contributed by atoms with Crippen molar-refractivity contribution in [3.8, 4) is 0 Å². The van der Waals surface area contributed by atoms with E-state index in [0.717, 1.165) is 5.69 Å². The minimum absolute atomic E-state index is 0.0953. The molecule has 3 aromatic rings. The topological polar surface area (TPSA) is 106 Å². The Hall–Kier alpha value is -2.26. The summed E-state index contributed by atoms with van der Waals surface area (Å²) in [4.78, 5) is 25.0. The highest BCUT2D eigenvalue weighted by Gasteiger charge is 2.16. The summed E-state index contributed by atoms with van der Waals surface area (Å²) in [7, 11) is 0. The molecule has 11 heteroatoms. The van der Waals surface area contributed by atoms with Gasteiger partial charge in [-0.1, -0.05) is 53.0 Å². The third-order valence-electron chi connectivity index (χ3n) is 3.81. The second kappa shape index (κ2) is 10.2. The largest absolute Gasteiger partial charge is 0.368 e. The van der Waals surface area contributed by atoms with Gasteiger partial charge < -0.3 is 16.4 Å². The lowest BCUT2D eigenvalue weighted by Crippen LogP contribution is -2.16. The van der Waals surface area contributed by atoms with Gasteiger partial charge in [-0.15, -0.1) is 11.8 Å². The standard InChI is InChI=1S/C19H17Cl3N6OS/c1-10(30-9-16(29)25-15-8-13(21)12(20)7-14(15)22)17-26-18(23)28-19(27-17)24-11-5-3-2-4-6-11/h2-8,10H,9H2,1H3,(H,25,29)(H3,23,24,26,27,28). The number of hydrogen-bond donors (Lipinski definition) is 3. The lowest BCUT2D eigenvalue weighted by molar-refractivity contribution is -0.113. The first-order valence-electron chi connectivity index (χ1n) is 8.71. The summed E-state index contributed by atoms with van der Waals surface area (Å²) in [6.07, 6.45) is 0. The molecule has 0 radical (unpaired) electrons. The number of aromatic nitrogens is 3. The van der Waals surface area contributed by atoms with E-state index >= 15 is 0 Å². The van der Waals surface area contributed by atoms with Crippen LogP contribution in [0.3, 0.4) is 0 Å². The molecule has 4 N–H and O–H groups in total. The summed E-state index contributed by atoms with van der Waals surface area (Å²) in [6, 6.07) is 12.5. The van der Waals surface area contributed by atoms with Crippen LogP contribution in [0.1, 0.15) is 18.0 Å². The molecule has 0 aliphatic rings. The first-order chi connectivity index (χ1) is 14.3. The van der Waals surface area contributed by atoms with Gasteiger partial charge in [0.15, 0.2) is 0 Å². The van der Waals surface area contributed by atoms with E-state index < -0.39 is 0 Å². The number of amides is 1. The van der Waals surface area contributed by atoms with Gasteiger partial charge in [0.2, 0.25) is 17.8 Å². The summed E-state index contributed by atoms with van der Waals surface area (Å²) < 4.78 is 0. The summed E-state index contributed by atoms with van der Waals surface area (Å²) >= 11 is 19.3. The van der Waals surface area contributed by atoms with Crippen LogP contribution in [0.5, 0.6) is 0 Å². The second-order valence-electron chi connectivity index (χ2n) is 6.11. The molecular weight excluding hydrogens is 467 g/mol. The van der Waals surface area contributed by atoms with Gasteiger partial charge in [0.05, 0.1) is 31.8 Å². The van der Waals surface area contributed by atoms with Crippen molar-refractivity contribution in [1.82, 2.24) is 15.0 Å². The van der Waals surface area contributed by atoms with Crippen molar-refractivity contribution < 1.29 is 4.79 Å². The van der Waals surface area contributed by atoms with Gasteiger partial charge in [-0.05, 0) is 31.2 Å². The van der Waals surface area contributed by atoms with E-state index in [1.54, 1.807) is 0 Å². The van der Waals surface area contributed by atoms with Crippen molar-refractivity contribution in [3.63, 3.8) is 0 Å². The number of nitrogens with zero attached hydrogens (tertiary/aromatic N) is 3. The molecule has 156 valence electrons. The normalized spacial score (nSPS) is 11.7. The van der Waals surface area contributed by atoms with Crippen molar-refractivity contribution in [2.75, 3.05) is 22.1 Å². The molecule has 30 heavy (non-hydrogen) atoms. The van der Waals surface area contributed by atoms with Gasteiger partial charge in [0.1, 0.15) is 5.82 Å². The van der Waals surface area contributed by atoms with Gasteiger partial charge in [0.25, 0.3) is 0 Å². The number of benzene rings is 2. The van der Waals surface area contributed by atoms with Crippen molar-refractivity contribution >= 4 is 75.7 Å². The zero-order valence-corrected chi connectivity index (χ0v) is 18.8. The molecule has 1 amide bonds. The molecule has 7 nitrogen and oxygen atoms in total. The first kappa shape index (κ1) is 22.4. The summed E-state index contributed by atoms with van der Waals surface area (Å²) in [5, 5.41) is 6.51. The Bertz CT molecular complexity index is 1050. The highest BCUT2D eigenvalue weighted by molar-refractivity contribution is 8.00. The van der Waals surface area contributed by atoms with Crippen molar-refractivity contribution in [2.24, 2.45) is 0 Å². The molecular formula is C19H17Cl3N6OS. The van der Waals surface area contributed by atoms with E-state index in [0.29, 0.717) is 32.5 Å². The number of halogens is 3. The summed E-state index contributed by atoms with van der Waals surface area (Å²) in [5.41, 5.74) is 7.04. The molecule has 0 saturated carbocycles. The first-order valence-corrected chi connectivity index (χ1v) is 10.9. The number of nitrogen functional groups attached to an aromatic ring is 1. The van der Waals surface area contributed by atoms with Crippen molar-refractivity contribution in [1.29, 1.82) is 0 Å². The van der Waals surface area contributed by atoms with Crippen LogP contribution in [0, 0.1) is 0 Å². The van der Waals surface area contributed by atoms with Crippen LogP contribution in [0.25, 0.3) is 0 Å². The van der Waals surface area contributed by atoms with E-state index in [9.17, 15) is 4.79 Å². The second-order valence-corrected chi connectivity index (χ2v) is 8.66. The SMILES string of the molecule is CC(SCC(=O)Nc1cc(Cl)c(Cl)cc1Cl)c1nc(N)nc(Nc2ccccc2)n1. The van der Waals surface area contributed by atoms with Gasteiger partial charge in [0, 0.05) is 5.69 Å². The third kappa shape index (κ3) is 6.12. The van der Waals surface area contributed by atoms with Gasteiger partial charge >= 0.3 is 0 Å². The maximum absolute atomic E-state index is 12.3. The third-order valence-corrected chi connectivity index (χ3v) is 5.99. The Kier molecular flexibility index (Phi) is 7.60. The number of nitrogens with two attached hydrogens (primary N) is 1. The number of hydrogen-bond acceptors (Lipinski definition) is 7. The molecule has 2 aromatic carbocycles. The predicted octanol–water partition coefficient (Wildman–Crippen LogP) is 5.59. The Labute approximate surface area is 192 Å². The predicted molar refractivity (Wildman–Crippen MR) is 125 cm³/mol. The van der Waals surface area contributed by atoms with Gasteiger partial charge in [-0.2, -0.15) is 15.0 Å². The fraction of sp³-hybridized carbons (Fsp3) is 0.158. The molecule has 0 fully saturated rings. The number of rotatable bonds is 7. The Morgan fingerprint density at radius 3 is 2.50 bits per heavy atom. The van der Waals surface area contributed by atoms with Crippen LogP contribution in [0.15, 0.2) is 42.5 Å². The maximum atomic E-state index is 12.3. The number of anilines is 4. The molecule has 0 spiro atoms. The highest BCUT2D eigenvalue weighted by Crippen LogP contribution is 2.33. The minimum atomic E-state index is -0.253. The zero-order chi connectivity index (χ0) is 21.7. The fourth-order valence-electron chi connectivity index (χ4n) is 2.38. The van der Waals surface area contributed by atoms with E-state index in [2.05, 4.69) is 25.6 Å². The molecule has 3 rings (SSSR count). The van der Waals surface area contributed by atoms with Crippen LogP contribution in [-0.2, 0) is 4.79 Å². The van der Waals surface area contributed by atoms with Crippen molar-refractivity contribution in [3.05, 3.63) is 63.4 Å². The fourth-order valence-corrected chi connectivity index (χ4v) is 3.70. The number of para-hydroxylation sites is 1. The average Bonchev–Trinajstić information content (AvgIpc) is 2.70. The van der Waals surface area contributed by atoms with Crippen LogP contribution in [-0.4, -0.2) is 26.6 Å².